The number of oxime groups is 1. The van der Waals surface area contributed by atoms with E-state index in [9.17, 15) is 0 Å². The molecule has 1 unspecified atom stereocenters. The van der Waals surface area contributed by atoms with Gasteiger partial charge in [-0.2, -0.15) is 0 Å². The van der Waals surface area contributed by atoms with E-state index in [0.717, 1.165) is 44.6 Å². The van der Waals surface area contributed by atoms with Crippen molar-refractivity contribution in [2.75, 3.05) is 26.2 Å². The molecule has 4 heteroatoms. The van der Waals surface area contributed by atoms with Crippen LogP contribution >= 0.6 is 0 Å². The number of aliphatic hydroxyl groups excluding tert-OH is 1. The maximum Gasteiger partial charge on any atom is 0.0624 e. The molecule has 4 nitrogen and oxygen atoms in total. The van der Waals surface area contributed by atoms with Gasteiger partial charge >= 0.3 is 0 Å². The Morgan fingerprint density at radius 3 is 2.86 bits per heavy atom. The van der Waals surface area contributed by atoms with Crippen molar-refractivity contribution in [1.29, 1.82) is 0 Å². The summed E-state index contributed by atoms with van der Waals surface area (Å²) in [6.07, 6.45) is 2.80. The molecule has 1 aliphatic rings. The third-order valence-electron chi connectivity index (χ3n) is 2.80. The van der Waals surface area contributed by atoms with E-state index < -0.39 is 0 Å². The Morgan fingerprint density at radius 2 is 2.29 bits per heavy atom. The standard InChI is InChI=1S/C10H20N2O2/c1-9-8-12(5-2-3-7-13)6-4-10(9)11-14/h9,13-14H,2-8H2,1H3. The van der Waals surface area contributed by atoms with Crippen molar-refractivity contribution in [3.05, 3.63) is 0 Å². The van der Waals surface area contributed by atoms with Crippen molar-refractivity contribution < 1.29 is 10.3 Å². The maximum atomic E-state index is 8.70. The van der Waals surface area contributed by atoms with Crippen molar-refractivity contribution in [2.24, 2.45) is 11.1 Å². The molecule has 0 amide bonds. The van der Waals surface area contributed by atoms with Gasteiger partial charge in [0.15, 0.2) is 0 Å². The second kappa shape index (κ2) is 5.98. The van der Waals surface area contributed by atoms with Crippen LogP contribution in [0.5, 0.6) is 0 Å². The summed E-state index contributed by atoms with van der Waals surface area (Å²) in [6, 6.07) is 0. The lowest BCUT2D eigenvalue weighted by atomic mass is 9.97. The van der Waals surface area contributed by atoms with Gasteiger partial charge in [-0.3, -0.25) is 0 Å². The number of hydrogen-bond donors (Lipinski definition) is 2. The van der Waals surface area contributed by atoms with Gasteiger partial charge in [0.1, 0.15) is 0 Å². The summed E-state index contributed by atoms with van der Waals surface area (Å²) >= 11 is 0. The first kappa shape index (κ1) is 11.5. The van der Waals surface area contributed by atoms with E-state index in [-0.39, 0.29) is 6.61 Å². The van der Waals surface area contributed by atoms with Crippen molar-refractivity contribution >= 4 is 5.71 Å². The van der Waals surface area contributed by atoms with Crippen LogP contribution in [0.2, 0.25) is 0 Å². The Labute approximate surface area is 85.2 Å². The number of piperidine rings is 1. The van der Waals surface area contributed by atoms with Crippen LogP contribution in [0.3, 0.4) is 0 Å². The monoisotopic (exact) mass is 200 g/mol. The lowest BCUT2D eigenvalue weighted by Crippen LogP contribution is -2.40. The highest BCUT2D eigenvalue weighted by atomic mass is 16.4. The molecule has 1 atom stereocenters. The molecule has 1 aliphatic heterocycles. The van der Waals surface area contributed by atoms with E-state index in [4.69, 9.17) is 10.3 Å². The molecule has 0 aromatic heterocycles. The quantitative estimate of drug-likeness (QED) is 0.403. The normalized spacial score (nSPS) is 27.0. The highest BCUT2D eigenvalue weighted by Crippen LogP contribution is 2.13. The van der Waals surface area contributed by atoms with Crippen LogP contribution in [0.4, 0.5) is 0 Å². The number of unbranched alkanes of at least 4 members (excludes halogenated alkanes) is 1. The fraction of sp³-hybridized carbons (Fsp3) is 0.900. The van der Waals surface area contributed by atoms with E-state index in [1.54, 1.807) is 0 Å². The molecule has 2 N–H and O–H groups in total. The topological polar surface area (TPSA) is 56.1 Å². The van der Waals surface area contributed by atoms with Gasteiger partial charge < -0.3 is 15.2 Å². The number of hydrogen-bond acceptors (Lipinski definition) is 4. The predicted octanol–water partition coefficient (Wildman–Crippen LogP) is 0.931. The molecule has 82 valence electrons. The Hall–Kier alpha value is -0.610. The highest BCUT2D eigenvalue weighted by molar-refractivity contribution is 5.86. The molecule has 0 spiro atoms. The number of likely N-dealkylation sites (tertiary alicyclic amines) is 1. The van der Waals surface area contributed by atoms with Crippen molar-refractivity contribution in [3.8, 4) is 0 Å². The molecular weight excluding hydrogens is 180 g/mol. The third-order valence-corrected chi connectivity index (χ3v) is 2.80. The van der Waals surface area contributed by atoms with Crippen LogP contribution in [-0.2, 0) is 0 Å². The summed E-state index contributed by atoms with van der Waals surface area (Å²) in [5, 5.41) is 20.7. The molecule has 1 heterocycles. The fourth-order valence-electron chi connectivity index (χ4n) is 1.90. The van der Waals surface area contributed by atoms with Gasteiger partial charge in [-0.1, -0.05) is 12.1 Å². The van der Waals surface area contributed by atoms with Crippen LogP contribution in [0.1, 0.15) is 26.2 Å². The molecule has 1 rings (SSSR count). The molecule has 14 heavy (non-hydrogen) atoms. The average molecular weight is 200 g/mol. The van der Waals surface area contributed by atoms with Crippen molar-refractivity contribution in [2.45, 2.75) is 26.2 Å². The van der Waals surface area contributed by atoms with Gasteiger partial charge in [0, 0.05) is 32.0 Å². The highest BCUT2D eigenvalue weighted by Gasteiger charge is 2.21. The second-order valence-electron chi connectivity index (χ2n) is 3.97. The molecule has 0 saturated carbocycles. The molecule has 1 saturated heterocycles. The molecule has 0 radical (unpaired) electrons. The average Bonchev–Trinajstić information content (AvgIpc) is 2.18. The summed E-state index contributed by atoms with van der Waals surface area (Å²) < 4.78 is 0. The van der Waals surface area contributed by atoms with E-state index in [1.165, 1.54) is 0 Å². The van der Waals surface area contributed by atoms with Gasteiger partial charge in [-0.25, -0.2) is 0 Å². The van der Waals surface area contributed by atoms with Crippen LogP contribution in [0.15, 0.2) is 5.16 Å². The largest absolute Gasteiger partial charge is 0.411 e. The molecular formula is C10H20N2O2. The SMILES string of the molecule is CC1CN(CCCCO)CCC1=NO. The molecule has 0 aliphatic carbocycles. The van der Waals surface area contributed by atoms with Crippen LogP contribution in [0.25, 0.3) is 0 Å². The maximum absolute atomic E-state index is 8.70. The van der Waals surface area contributed by atoms with Crippen LogP contribution in [-0.4, -0.2) is 47.2 Å². The van der Waals surface area contributed by atoms with E-state index in [2.05, 4.69) is 17.0 Å². The summed E-state index contributed by atoms with van der Waals surface area (Å²) in [6.45, 7) is 5.38. The summed E-state index contributed by atoms with van der Waals surface area (Å²) in [5.74, 6) is 0.364. The zero-order valence-corrected chi connectivity index (χ0v) is 8.82. The Kier molecular flexibility index (Phi) is 4.90. The van der Waals surface area contributed by atoms with Crippen LogP contribution in [0, 0.1) is 5.92 Å². The van der Waals surface area contributed by atoms with Crippen LogP contribution < -0.4 is 0 Å². The Morgan fingerprint density at radius 1 is 1.50 bits per heavy atom. The fourth-order valence-corrected chi connectivity index (χ4v) is 1.90. The molecule has 0 aromatic rings. The molecule has 0 bridgehead atoms. The Bertz CT molecular complexity index is 195. The minimum absolute atomic E-state index is 0.284. The minimum atomic E-state index is 0.284. The lowest BCUT2D eigenvalue weighted by Gasteiger charge is -2.31. The lowest BCUT2D eigenvalue weighted by molar-refractivity contribution is 0.219. The second-order valence-corrected chi connectivity index (χ2v) is 3.97. The van der Waals surface area contributed by atoms with Crippen molar-refractivity contribution in [3.63, 3.8) is 0 Å². The Balaban J connectivity index is 2.25. The van der Waals surface area contributed by atoms with Gasteiger partial charge in [-0.05, 0) is 19.4 Å². The van der Waals surface area contributed by atoms with E-state index in [1.807, 2.05) is 0 Å². The van der Waals surface area contributed by atoms with E-state index >= 15 is 0 Å². The van der Waals surface area contributed by atoms with E-state index in [0.29, 0.717) is 5.92 Å². The van der Waals surface area contributed by atoms with Crippen molar-refractivity contribution in [1.82, 2.24) is 4.90 Å². The third kappa shape index (κ3) is 3.27. The molecule has 0 aromatic carbocycles. The summed E-state index contributed by atoms with van der Waals surface area (Å²) in [7, 11) is 0. The van der Waals surface area contributed by atoms with Gasteiger partial charge in [0.2, 0.25) is 0 Å². The number of nitrogens with zero attached hydrogens (tertiary/aromatic N) is 2. The smallest absolute Gasteiger partial charge is 0.0624 e. The zero-order valence-electron chi connectivity index (χ0n) is 8.82. The first-order chi connectivity index (χ1) is 6.77. The first-order valence-corrected chi connectivity index (χ1v) is 5.32. The minimum Gasteiger partial charge on any atom is -0.411 e. The number of aliphatic hydroxyl groups is 1. The van der Waals surface area contributed by atoms with Gasteiger partial charge in [0.05, 0.1) is 5.71 Å². The predicted molar refractivity (Wildman–Crippen MR) is 55.8 cm³/mol. The zero-order chi connectivity index (χ0) is 10.4. The first-order valence-electron chi connectivity index (χ1n) is 5.32. The summed E-state index contributed by atoms with van der Waals surface area (Å²) in [5.41, 5.74) is 0.920. The summed E-state index contributed by atoms with van der Waals surface area (Å²) in [4.78, 5) is 2.37. The van der Waals surface area contributed by atoms with Gasteiger partial charge in [-0.15, -0.1) is 0 Å². The van der Waals surface area contributed by atoms with Gasteiger partial charge in [0.25, 0.3) is 0 Å². The number of rotatable bonds is 4. The molecule has 1 fully saturated rings.